The monoisotopic (exact) mass is 289 g/mol. The molecule has 1 aromatic carbocycles. The first kappa shape index (κ1) is 13.4. The van der Waals surface area contributed by atoms with E-state index >= 15 is 0 Å². The van der Waals surface area contributed by atoms with Gasteiger partial charge in [-0.25, -0.2) is 9.48 Å². The minimum absolute atomic E-state index is 0.245. The largest absolute Gasteiger partial charge is 0.464 e. The Balaban J connectivity index is 1.88. The molecule has 0 radical (unpaired) electrons. The lowest BCUT2D eigenvalue weighted by Crippen LogP contribution is -2.09. The Hall–Kier alpha value is -2.57. The predicted molar refractivity (Wildman–Crippen MR) is 72.4 cm³/mol. The highest BCUT2D eigenvalue weighted by Gasteiger charge is 2.20. The number of methoxy groups -OCH3 is 1. The van der Waals surface area contributed by atoms with Gasteiger partial charge in [0.25, 0.3) is 0 Å². The molecule has 0 N–H and O–H groups in total. The summed E-state index contributed by atoms with van der Waals surface area (Å²) in [5.41, 5.74) is 2.01. The van der Waals surface area contributed by atoms with E-state index in [1.54, 1.807) is 4.68 Å². The second-order valence-corrected chi connectivity index (χ2v) is 4.58. The molecule has 0 unspecified atom stereocenters. The molecule has 1 aliphatic heterocycles. The first-order valence-corrected chi connectivity index (χ1v) is 6.62. The van der Waals surface area contributed by atoms with Gasteiger partial charge in [-0.05, 0) is 24.1 Å². The van der Waals surface area contributed by atoms with Gasteiger partial charge in [0.2, 0.25) is 6.79 Å². The highest BCUT2D eigenvalue weighted by Crippen LogP contribution is 2.32. The summed E-state index contributed by atoms with van der Waals surface area (Å²) >= 11 is 0. The standard InChI is InChI=1S/C14H15N3O4/c1-3-10-13(14(18)19-2)15-16-17(10)7-9-4-5-11-12(6-9)21-8-20-11/h4-6H,3,7-8H2,1-2H3. The van der Waals surface area contributed by atoms with Crippen molar-refractivity contribution < 1.29 is 19.0 Å². The summed E-state index contributed by atoms with van der Waals surface area (Å²) in [6.07, 6.45) is 0.641. The van der Waals surface area contributed by atoms with E-state index in [-0.39, 0.29) is 12.5 Å². The van der Waals surface area contributed by atoms with Crippen LogP contribution in [0, 0.1) is 0 Å². The van der Waals surface area contributed by atoms with Crippen LogP contribution in [0.1, 0.15) is 28.7 Å². The minimum atomic E-state index is -0.469. The number of hydrogen-bond donors (Lipinski definition) is 0. The van der Waals surface area contributed by atoms with Crippen molar-refractivity contribution in [3.63, 3.8) is 0 Å². The zero-order valence-corrected chi connectivity index (χ0v) is 11.8. The Morgan fingerprint density at radius 1 is 1.38 bits per heavy atom. The van der Waals surface area contributed by atoms with Crippen molar-refractivity contribution in [2.24, 2.45) is 0 Å². The smallest absolute Gasteiger partial charge is 0.360 e. The van der Waals surface area contributed by atoms with E-state index in [1.165, 1.54) is 7.11 Å². The Morgan fingerprint density at radius 2 is 2.19 bits per heavy atom. The highest BCUT2D eigenvalue weighted by atomic mass is 16.7. The Morgan fingerprint density at radius 3 is 2.95 bits per heavy atom. The first-order valence-electron chi connectivity index (χ1n) is 6.62. The average molecular weight is 289 g/mol. The molecular weight excluding hydrogens is 274 g/mol. The zero-order chi connectivity index (χ0) is 14.8. The van der Waals surface area contributed by atoms with Crippen molar-refractivity contribution in [2.45, 2.75) is 19.9 Å². The lowest BCUT2D eigenvalue weighted by molar-refractivity contribution is 0.0592. The van der Waals surface area contributed by atoms with Gasteiger partial charge in [0.15, 0.2) is 17.2 Å². The number of aromatic nitrogens is 3. The average Bonchev–Trinajstić information content (AvgIpc) is 3.12. The molecule has 0 saturated heterocycles. The molecule has 2 aromatic rings. The van der Waals surface area contributed by atoms with Crippen molar-refractivity contribution in [1.29, 1.82) is 0 Å². The molecule has 2 heterocycles. The van der Waals surface area contributed by atoms with Gasteiger partial charge in [-0.3, -0.25) is 0 Å². The third-order valence-corrected chi connectivity index (χ3v) is 3.32. The molecule has 21 heavy (non-hydrogen) atoms. The van der Waals surface area contributed by atoms with Gasteiger partial charge in [-0.15, -0.1) is 5.10 Å². The van der Waals surface area contributed by atoms with Crippen molar-refractivity contribution >= 4 is 5.97 Å². The molecule has 3 rings (SSSR count). The molecule has 0 saturated carbocycles. The van der Waals surface area contributed by atoms with Crippen LogP contribution in [-0.4, -0.2) is 34.9 Å². The van der Waals surface area contributed by atoms with E-state index in [2.05, 4.69) is 10.3 Å². The maximum absolute atomic E-state index is 11.6. The number of benzene rings is 1. The molecule has 0 spiro atoms. The molecule has 0 amide bonds. The number of hydrogen-bond acceptors (Lipinski definition) is 6. The summed E-state index contributed by atoms with van der Waals surface area (Å²) in [4.78, 5) is 11.6. The summed E-state index contributed by atoms with van der Waals surface area (Å²) in [6.45, 7) is 2.69. The fraction of sp³-hybridized carbons (Fsp3) is 0.357. The van der Waals surface area contributed by atoms with Gasteiger partial charge in [0.05, 0.1) is 19.3 Å². The lowest BCUT2D eigenvalue weighted by Gasteiger charge is -2.06. The normalized spacial score (nSPS) is 12.5. The van der Waals surface area contributed by atoms with Crippen LogP contribution in [0.15, 0.2) is 18.2 Å². The summed E-state index contributed by atoms with van der Waals surface area (Å²) in [5, 5.41) is 7.95. The van der Waals surface area contributed by atoms with Crippen molar-refractivity contribution in [1.82, 2.24) is 15.0 Å². The minimum Gasteiger partial charge on any atom is -0.464 e. The van der Waals surface area contributed by atoms with E-state index in [4.69, 9.17) is 14.2 Å². The van der Waals surface area contributed by atoms with Crippen LogP contribution >= 0.6 is 0 Å². The SMILES string of the molecule is CCc1c(C(=O)OC)nnn1Cc1ccc2c(c1)OCO2. The summed E-state index contributed by atoms with van der Waals surface area (Å²) in [6, 6.07) is 5.70. The zero-order valence-electron chi connectivity index (χ0n) is 11.8. The maximum atomic E-state index is 11.6. The Bertz CT molecular complexity index is 681. The first-order chi connectivity index (χ1) is 10.2. The van der Waals surface area contributed by atoms with Gasteiger partial charge >= 0.3 is 5.97 Å². The summed E-state index contributed by atoms with van der Waals surface area (Å²) in [7, 11) is 1.33. The molecule has 0 aliphatic carbocycles. The number of ether oxygens (including phenoxy) is 3. The van der Waals surface area contributed by atoms with Gasteiger partial charge in [0.1, 0.15) is 0 Å². The van der Waals surface area contributed by atoms with Gasteiger partial charge in [-0.1, -0.05) is 18.2 Å². The van der Waals surface area contributed by atoms with Gasteiger partial charge in [-0.2, -0.15) is 0 Å². The molecule has 110 valence electrons. The van der Waals surface area contributed by atoms with E-state index in [1.807, 2.05) is 25.1 Å². The third kappa shape index (κ3) is 2.42. The number of esters is 1. The van der Waals surface area contributed by atoms with Crippen molar-refractivity contribution in [3.8, 4) is 11.5 Å². The predicted octanol–water partition coefficient (Wildman–Crippen LogP) is 1.40. The molecule has 7 heteroatoms. The van der Waals surface area contributed by atoms with Crippen LogP contribution in [-0.2, 0) is 17.7 Å². The van der Waals surface area contributed by atoms with Crippen molar-refractivity contribution in [3.05, 3.63) is 35.2 Å². The molecule has 0 bridgehead atoms. The van der Waals surface area contributed by atoms with E-state index in [0.29, 0.717) is 13.0 Å². The molecule has 1 aromatic heterocycles. The van der Waals surface area contributed by atoms with Crippen molar-refractivity contribution in [2.75, 3.05) is 13.9 Å². The van der Waals surface area contributed by atoms with E-state index in [9.17, 15) is 4.79 Å². The second-order valence-electron chi connectivity index (χ2n) is 4.58. The van der Waals surface area contributed by atoms with Gasteiger partial charge in [0, 0.05) is 0 Å². The Kier molecular flexibility index (Phi) is 3.47. The molecule has 1 aliphatic rings. The van der Waals surface area contributed by atoms with Crippen LogP contribution in [0.4, 0.5) is 0 Å². The molecule has 0 atom stereocenters. The quantitative estimate of drug-likeness (QED) is 0.792. The lowest BCUT2D eigenvalue weighted by atomic mass is 10.2. The summed E-state index contributed by atoms with van der Waals surface area (Å²) < 4.78 is 17.0. The Labute approximate surface area is 121 Å². The number of carbonyl (C=O) groups excluding carboxylic acids is 1. The molecule has 7 nitrogen and oxygen atoms in total. The molecular formula is C14H15N3O4. The van der Waals surface area contributed by atoms with E-state index in [0.717, 1.165) is 22.8 Å². The fourth-order valence-corrected chi connectivity index (χ4v) is 2.28. The number of carbonyl (C=O) groups is 1. The van der Waals surface area contributed by atoms with Crippen LogP contribution in [0.2, 0.25) is 0 Å². The summed E-state index contributed by atoms with van der Waals surface area (Å²) in [5.74, 6) is 0.992. The maximum Gasteiger partial charge on any atom is 0.360 e. The van der Waals surface area contributed by atoms with Crippen LogP contribution < -0.4 is 9.47 Å². The van der Waals surface area contributed by atoms with Crippen LogP contribution in [0.3, 0.4) is 0 Å². The topological polar surface area (TPSA) is 75.5 Å². The molecule has 0 fully saturated rings. The number of fused-ring (bicyclic) bond motifs is 1. The fourth-order valence-electron chi connectivity index (χ4n) is 2.28. The van der Waals surface area contributed by atoms with Gasteiger partial charge < -0.3 is 14.2 Å². The highest BCUT2D eigenvalue weighted by molar-refractivity contribution is 5.88. The second kappa shape index (κ2) is 5.43. The van der Waals surface area contributed by atoms with Crippen LogP contribution in [0.25, 0.3) is 0 Å². The number of rotatable bonds is 4. The van der Waals surface area contributed by atoms with E-state index < -0.39 is 5.97 Å². The number of nitrogens with zero attached hydrogens (tertiary/aromatic N) is 3. The third-order valence-electron chi connectivity index (χ3n) is 3.32. The van der Waals surface area contributed by atoms with Crippen LogP contribution in [0.5, 0.6) is 11.5 Å².